The minimum absolute atomic E-state index is 0.00402. The zero-order chi connectivity index (χ0) is 27.3. The number of aliphatic hydroxyl groups is 1. The number of likely N-dealkylation sites (tertiary alicyclic amines) is 1. The number of piperidine rings is 1. The summed E-state index contributed by atoms with van der Waals surface area (Å²) in [4.78, 5) is 42.9. The minimum atomic E-state index is -1.11. The average Bonchev–Trinajstić information content (AvgIpc) is 2.93. The van der Waals surface area contributed by atoms with E-state index in [1.807, 2.05) is 49.1 Å². The van der Waals surface area contributed by atoms with Crippen molar-refractivity contribution in [3.8, 4) is 11.1 Å². The molecule has 0 atom stereocenters. The number of aromatic nitrogens is 1. The summed E-state index contributed by atoms with van der Waals surface area (Å²) in [6, 6.07) is 10.9. The van der Waals surface area contributed by atoms with E-state index in [1.165, 1.54) is 42.7 Å². The number of nitrogens with zero attached hydrogens (tertiary/aromatic N) is 3. The van der Waals surface area contributed by atoms with Crippen LogP contribution < -0.4 is 5.56 Å². The van der Waals surface area contributed by atoms with Crippen LogP contribution in [-0.2, 0) is 11.3 Å². The van der Waals surface area contributed by atoms with Crippen LogP contribution in [0.4, 0.5) is 0 Å². The molecular formula is C31H43N3O4. The third kappa shape index (κ3) is 6.73. The number of amides is 2. The van der Waals surface area contributed by atoms with Crippen LogP contribution in [-0.4, -0.2) is 63.1 Å². The van der Waals surface area contributed by atoms with Gasteiger partial charge in [0, 0.05) is 50.4 Å². The maximum Gasteiger partial charge on any atom is 0.255 e. The van der Waals surface area contributed by atoms with Crippen LogP contribution in [0.2, 0.25) is 0 Å². The van der Waals surface area contributed by atoms with Gasteiger partial charge in [0.05, 0.1) is 17.7 Å². The van der Waals surface area contributed by atoms with Crippen LogP contribution >= 0.6 is 0 Å². The number of benzene rings is 1. The lowest BCUT2D eigenvalue weighted by Crippen LogP contribution is -2.49. The van der Waals surface area contributed by atoms with Gasteiger partial charge >= 0.3 is 0 Å². The highest BCUT2D eigenvalue weighted by atomic mass is 16.3. The molecule has 0 unspecified atom stereocenters. The fourth-order valence-corrected chi connectivity index (χ4v) is 5.76. The van der Waals surface area contributed by atoms with E-state index in [-0.39, 0.29) is 30.0 Å². The predicted molar refractivity (Wildman–Crippen MR) is 150 cm³/mol. The molecule has 4 rings (SSSR count). The van der Waals surface area contributed by atoms with Crippen LogP contribution in [0, 0.1) is 5.92 Å². The van der Waals surface area contributed by atoms with Crippen molar-refractivity contribution in [3.63, 3.8) is 0 Å². The van der Waals surface area contributed by atoms with Crippen molar-refractivity contribution in [2.75, 3.05) is 20.1 Å². The van der Waals surface area contributed by atoms with Crippen LogP contribution in [0.25, 0.3) is 11.1 Å². The molecule has 2 aromatic rings. The molecule has 1 N–H and O–H groups in total. The molecule has 2 heterocycles. The third-order valence-electron chi connectivity index (χ3n) is 8.54. The summed E-state index contributed by atoms with van der Waals surface area (Å²) in [5, 5.41) is 11.4. The molecule has 2 aliphatic rings. The maximum atomic E-state index is 13.4. The van der Waals surface area contributed by atoms with Crippen molar-refractivity contribution < 1.29 is 14.7 Å². The molecule has 1 saturated heterocycles. The van der Waals surface area contributed by atoms with Gasteiger partial charge in [-0.1, -0.05) is 62.4 Å². The Labute approximate surface area is 226 Å². The quantitative estimate of drug-likeness (QED) is 0.545. The molecule has 2 amide bonds. The smallest absolute Gasteiger partial charge is 0.255 e. The second-order valence-electron chi connectivity index (χ2n) is 11.6. The van der Waals surface area contributed by atoms with E-state index in [1.54, 1.807) is 18.1 Å². The molecule has 1 aliphatic carbocycles. The van der Waals surface area contributed by atoms with Crippen molar-refractivity contribution in [2.24, 2.45) is 5.92 Å². The molecule has 38 heavy (non-hydrogen) atoms. The van der Waals surface area contributed by atoms with Gasteiger partial charge in [-0.3, -0.25) is 14.4 Å². The Bertz CT molecular complexity index is 1160. The number of hydrogen-bond donors (Lipinski definition) is 1. The standard InChI is InChI=1S/C31H43N3O4/c1-23(2)32(3)30(37)27-21-34(29(36)20-26(27)25-12-8-5-9-13-25)22-31(38)16-18-33(19-17-31)28(35)15-14-24-10-6-4-7-11-24/h5,8-9,12-13,20-21,23-24,38H,4,6-7,10-11,14-19,22H2,1-3H3. The van der Waals surface area contributed by atoms with Crippen LogP contribution in [0.1, 0.15) is 82.0 Å². The second kappa shape index (κ2) is 12.3. The molecule has 1 aromatic heterocycles. The van der Waals surface area contributed by atoms with Gasteiger partial charge in [-0.2, -0.15) is 0 Å². The molecule has 7 heteroatoms. The summed E-state index contributed by atoms with van der Waals surface area (Å²) in [6.07, 6.45) is 10.3. The Morgan fingerprint density at radius 3 is 2.37 bits per heavy atom. The molecule has 2 fully saturated rings. The predicted octanol–water partition coefficient (Wildman–Crippen LogP) is 4.71. The summed E-state index contributed by atoms with van der Waals surface area (Å²) in [5.74, 6) is 0.677. The normalized spacial score (nSPS) is 18.0. The maximum absolute atomic E-state index is 13.4. The fraction of sp³-hybridized carbons (Fsp3) is 0.581. The van der Waals surface area contributed by atoms with Crippen molar-refractivity contribution in [3.05, 3.63) is 58.5 Å². The highest BCUT2D eigenvalue weighted by molar-refractivity contribution is 6.00. The van der Waals surface area contributed by atoms with Gasteiger partial charge in [0.25, 0.3) is 11.5 Å². The molecule has 0 bridgehead atoms. The highest BCUT2D eigenvalue weighted by Crippen LogP contribution is 2.30. The molecule has 1 aliphatic heterocycles. The van der Waals surface area contributed by atoms with E-state index in [0.717, 1.165) is 12.0 Å². The Morgan fingerprint density at radius 2 is 1.74 bits per heavy atom. The lowest BCUT2D eigenvalue weighted by Gasteiger charge is -2.39. The Balaban J connectivity index is 1.47. The van der Waals surface area contributed by atoms with E-state index in [9.17, 15) is 19.5 Å². The van der Waals surface area contributed by atoms with Crippen molar-refractivity contribution in [1.29, 1.82) is 0 Å². The van der Waals surface area contributed by atoms with E-state index in [0.29, 0.717) is 49.4 Å². The van der Waals surface area contributed by atoms with Gasteiger partial charge in [0.2, 0.25) is 5.91 Å². The first kappa shape index (κ1) is 28.1. The minimum Gasteiger partial charge on any atom is -0.388 e. The number of hydrogen-bond acceptors (Lipinski definition) is 4. The Morgan fingerprint density at radius 1 is 1.08 bits per heavy atom. The summed E-state index contributed by atoms with van der Waals surface area (Å²) in [6.45, 7) is 4.96. The van der Waals surface area contributed by atoms with Gasteiger partial charge in [0.1, 0.15) is 0 Å². The first-order valence-electron chi connectivity index (χ1n) is 14.2. The lowest BCUT2D eigenvalue weighted by molar-refractivity contribution is -0.136. The van der Waals surface area contributed by atoms with E-state index >= 15 is 0 Å². The number of pyridine rings is 1. The molecule has 0 spiro atoms. The molecule has 206 valence electrons. The Hall–Kier alpha value is -2.93. The van der Waals surface area contributed by atoms with Gasteiger partial charge in [-0.15, -0.1) is 0 Å². The molecule has 0 radical (unpaired) electrons. The highest BCUT2D eigenvalue weighted by Gasteiger charge is 2.35. The monoisotopic (exact) mass is 521 g/mol. The van der Waals surface area contributed by atoms with Gasteiger partial charge in [-0.05, 0) is 44.6 Å². The summed E-state index contributed by atoms with van der Waals surface area (Å²) in [7, 11) is 1.76. The third-order valence-corrected chi connectivity index (χ3v) is 8.54. The van der Waals surface area contributed by atoms with Crippen molar-refractivity contribution >= 4 is 11.8 Å². The van der Waals surface area contributed by atoms with Crippen LogP contribution in [0.3, 0.4) is 0 Å². The molecule has 1 aromatic carbocycles. The average molecular weight is 522 g/mol. The first-order chi connectivity index (χ1) is 18.2. The fourth-order valence-electron chi connectivity index (χ4n) is 5.76. The van der Waals surface area contributed by atoms with Crippen molar-refractivity contribution in [1.82, 2.24) is 14.4 Å². The summed E-state index contributed by atoms with van der Waals surface area (Å²) < 4.78 is 1.47. The van der Waals surface area contributed by atoms with E-state index < -0.39 is 5.60 Å². The van der Waals surface area contributed by atoms with Crippen LogP contribution in [0.15, 0.2) is 47.4 Å². The van der Waals surface area contributed by atoms with Crippen molar-refractivity contribution in [2.45, 2.75) is 89.8 Å². The van der Waals surface area contributed by atoms with Gasteiger partial charge in [-0.25, -0.2) is 0 Å². The Kier molecular flexibility index (Phi) is 9.08. The number of carbonyl (C=O) groups is 2. The lowest BCUT2D eigenvalue weighted by atomic mass is 9.85. The largest absolute Gasteiger partial charge is 0.388 e. The first-order valence-corrected chi connectivity index (χ1v) is 14.2. The molecule has 7 nitrogen and oxygen atoms in total. The zero-order valence-corrected chi connectivity index (χ0v) is 23.2. The van der Waals surface area contributed by atoms with E-state index in [2.05, 4.69) is 0 Å². The summed E-state index contributed by atoms with van der Waals surface area (Å²) >= 11 is 0. The topological polar surface area (TPSA) is 82.8 Å². The number of rotatable bonds is 8. The van der Waals surface area contributed by atoms with Gasteiger partial charge < -0.3 is 19.5 Å². The number of carbonyl (C=O) groups excluding carboxylic acids is 2. The molecule has 1 saturated carbocycles. The zero-order valence-electron chi connectivity index (χ0n) is 23.2. The second-order valence-corrected chi connectivity index (χ2v) is 11.6. The SMILES string of the molecule is CC(C)N(C)C(=O)c1cn(CC2(O)CCN(C(=O)CCC3CCCCC3)CC2)c(=O)cc1-c1ccccc1. The van der Waals surface area contributed by atoms with Gasteiger partial charge in [0.15, 0.2) is 0 Å². The van der Waals surface area contributed by atoms with Crippen LogP contribution in [0.5, 0.6) is 0 Å². The molecular weight excluding hydrogens is 478 g/mol. The summed E-state index contributed by atoms with van der Waals surface area (Å²) in [5.41, 5.74) is 0.464. The van der Waals surface area contributed by atoms with E-state index in [4.69, 9.17) is 0 Å².